The molecule has 13 nitrogen and oxygen atoms in total. The van der Waals surface area contributed by atoms with E-state index >= 15 is 0 Å². The lowest BCUT2D eigenvalue weighted by molar-refractivity contribution is -0.134. The zero-order valence-electron chi connectivity index (χ0n) is 32.4. The van der Waals surface area contributed by atoms with Gasteiger partial charge in [-0.1, -0.05) is 91.0 Å². The van der Waals surface area contributed by atoms with Crippen molar-refractivity contribution in [3.05, 3.63) is 119 Å². The number of fused-ring (bicyclic) bond motifs is 2. The summed E-state index contributed by atoms with van der Waals surface area (Å²) in [6.07, 6.45) is 2.40. The number of aromatic nitrogens is 1. The first kappa shape index (κ1) is 42.1. The number of H-pyrrole nitrogens is 1. The van der Waals surface area contributed by atoms with Crippen molar-refractivity contribution in [2.24, 2.45) is 17.2 Å². The average Bonchev–Trinajstić information content (AvgIpc) is 3.53. The first-order valence-corrected chi connectivity index (χ1v) is 19.5. The molecule has 5 amide bonds. The maximum atomic E-state index is 14.5. The lowest BCUT2D eigenvalue weighted by atomic mass is 9.98. The molecule has 1 heterocycles. The number of nitrogens with two attached hydrogens (primary N) is 3. The molecule has 0 saturated heterocycles. The molecule has 300 valence electrons. The Balaban J connectivity index is 1.46. The van der Waals surface area contributed by atoms with Crippen LogP contribution < -0.4 is 38.5 Å². The minimum absolute atomic E-state index is 0.0744. The van der Waals surface area contributed by atoms with Crippen molar-refractivity contribution in [1.82, 2.24) is 26.3 Å². The summed E-state index contributed by atoms with van der Waals surface area (Å²) in [4.78, 5) is 71.7. The summed E-state index contributed by atoms with van der Waals surface area (Å²) >= 11 is 0. The molecule has 1 aromatic heterocycles. The number of carbonyl (C=O) groups excluding carboxylic acids is 5. The molecule has 0 aliphatic heterocycles. The molecule has 13 heteroatoms. The molecular formula is C44H54N8O5. The number of primary amides is 1. The number of hydrogen-bond donors (Lipinski definition) is 8. The quantitative estimate of drug-likeness (QED) is 0.0520. The van der Waals surface area contributed by atoms with E-state index in [1.807, 2.05) is 104 Å². The number of hydrogen-bond acceptors (Lipinski definition) is 7. The number of carbonyl (C=O) groups is 5. The number of para-hydroxylation sites is 1. The molecule has 57 heavy (non-hydrogen) atoms. The van der Waals surface area contributed by atoms with E-state index in [0.717, 1.165) is 44.1 Å². The summed E-state index contributed by atoms with van der Waals surface area (Å²) in [6, 6.07) is 26.2. The second-order valence-corrected chi connectivity index (χ2v) is 14.4. The summed E-state index contributed by atoms with van der Waals surface area (Å²) in [6.45, 7) is 2.65. The van der Waals surface area contributed by atoms with Gasteiger partial charge in [-0.2, -0.15) is 0 Å². The van der Waals surface area contributed by atoms with E-state index in [4.69, 9.17) is 17.2 Å². The second-order valence-electron chi connectivity index (χ2n) is 14.4. The summed E-state index contributed by atoms with van der Waals surface area (Å²) in [5.74, 6) is -2.83. The van der Waals surface area contributed by atoms with E-state index in [9.17, 15) is 24.0 Å². The van der Waals surface area contributed by atoms with Gasteiger partial charge in [0.2, 0.25) is 29.5 Å². The van der Waals surface area contributed by atoms with Gasteiger partial charge >= 0.3 is 0 Å². The first-order valence-electron chi connectivity index (χ1n) is 19.5. The molecule has 0 spiro atoms. The number of aromatic amines is 1. The van der Waals surface area contributed by atoms with Crippen LogP contribution in [0.25, 0.3) is 21.7 Å². The van der Waals surface area contributed by atoms with Gasteiger partial charge in [0, 0.05) is 42.3 Å². The zero-order valence-corrected chi connectivity index (χ0v) is 32.4. The molecule has 0 aliphatic rings. The Kier molecular flexibility index (Phi) is 15.3. The monoisotopic (exact) mass is 774 g/mol. The predicted octanol–water partition coefficient (Wildman–Crippen LogP) is 2.95. The highest BCUT2D eigenvalue weighted by molar-refractivity contribution is 5.96. The average molecular weight is 775 g/mol. The fourth-order valence-corrected chi connectivity index (χ4v) is 7.01. The summed E-state index contributed by atoms with van der Waals surface area (Å²) < 4.78 is 0. The molecule has 4 atom stereocenters. The highest BCUT2D eigenvalue weighted by Gasteiger charge is 2.32. The van der Waals surface area contributed by atoms with Crippen LogP contribution in [0.4, 0.5) is 0 Å². The number of amides is 5. The van der Waals surface area contributed by atoms with Crippen molar-refractivity contribution < 1.29 is 24.0 Å². The Morgan fingerprint density at radius 2 is 1.18 bits per heavy atom. The fourth-order valence-electron chi connectivity index (χ4n) is 7.01. The van der Waals surface area contributed by atoms with Crippen LogP contribution in [0.15, 0.2) is 97.1 Å². The van der Waals surface area contributed by atoms with Crippen molar-refractivity contribution in [2.75, 3.05) is 13.1 Å². The molecule has 11 N–H and O–H groups in total. The Morgan fingerprint density at radius 3 is 1.84 bits per heavy atom. The minimum Gasteiger partial charge on any atom is -0.368 e. The normalized spacial score (nSPS) is 13.3. The number of nitrogens with one attached hydrogen (secondary N) is 5. The van der Waals surface area contributed by atoms with Gasteiger partial charge in [0.05, 0.1) is 0 Å². The van der Waals surface area contributed by atoms with Gasteiger partial charge < -0.3 is 43.5 Å². The Labute approximate surface area is 332 Å². The third kappa shape index (κ3) is 12.0. The van der Waals surface area contributed by atoms with Gasteiger partial charge in [-0.3, -0.25) is 24.0 Å². The predicted molar refractivity (Wildman–Crippen MR) is 223 cm³/mol. The van der Waals surface area contributed by atoms with Crippen LogP contribution in [0.1, 0.15) is 54.5 Å². The minimum atomic E-state index is -1.17. The lowest BCUT2D eigenvalue weighted by Crippen LogP contribution is -2.59. The van der Waals surface area contributed by atoms with Crippen molar-refractivity contribution in [3.63, 3.8) is 0 Å². The Bertz CT molecular complexity index is 2150. The van der Waals surface area contributed by atoms with Gasteiger partial charge in [-0.05, 0) is 79.2 Å². The van der Waals surface area contributed by atoms with Crippen molar-refractivity contribution in [1.29, 1.82) is 0 Å². The van der Waals surface area contributed by atoms with E-state index in [1.165, 1.54) is 0 Å². The summed E-state index contributed by atoms with van der Waals surface area (Å²) in [5.41, 5.74) is 21.1. The standard InChI is InChI=1S/C44H54N8O5/c1-28-34(33-16-7-8-17-35(33)48-28)27-39(49-40(53)19-11-23-46)44(57)52-38(26-30-20-21-31-14-5-6-15-32(31)24-30)43(56)51-37(25-29-12-3-2-4-13-29)42(55)50-36(41(47)54)18-9-10-22-45/h2-8,12-17,20-21,24,36-39,48H,9-11,18-19,22-23,25-27,45-46H2,1H3,(H2,47,54)(H,49,53)(H,50,55)(H,51,56)(H,52,57)/t36-,37-,38+,39+/m0/s1. The van der Waals surface area contributed by atoms with Gasteiger partial charge in [-0.15, -0.1) is 0 Å². The molecule has 0 saturated carbocycles. The van der Waals surface area contributed by atoms with Crippen LogP contribution in [-0.4, -0.2) is 71.8 Å². The molecule has 4 aromatic carbocycles. The van der Waals surface area contributed by atoms with Crippen LogP contribution in [0.5, 0.6) is 0 Å². The van der Waals surface area contributed by atoms with Crippen molar-refractivity contribution in [3.8, 4) is 0 Å². The SMILES string of the molecule is Cc1[nH]c2ccccc2c1C[C@@H](NC(=O)CCCN)C(=O)N[C@H](Cc1ccc2ccccc2c1)C(=O)N[C@@H](Cc1ccccc1)C(=O)N[C@@H](CCCCN)C(N)=O. The Morgan fingerprint density at radius 1 is 0.596 bits per heavy atom. The largest absolute Gasteiger partial charge is 0.368 e. The lowest BCUT2D eigenvalue weighted by Gasteiger charge is -2.27. The van der Waals surface area contributed by atoms with Gasteiger partial charge in [0.25, 0.3) is 0 Å². The molecule has 0 unspecified atom stereocenters. The van der Waals surface area contributed by atoms with E-state index < -0.39 is 47.8 Å². The fraction of sp³-hybridized carbons (Fsp3) is 0.341. The summed E-state index contributed by atoms with van der Waals surface area (Å²) in [7, 11) is 0. The molecule has 0 radical (unpaired) electrons. The number of aryl methyl sites for hydroxylation is 1. The molecule has 5 rings (SSSR count). The smallest absolute Gasteiger partial charge is 0.243 e. The molecule has 0 aliphatic carbocycles. The molecule has 5 aromatic rings. The van der Waals surface area contributed by atoms with Crippen molar-refractivity contribution in [2.45, 2.75) is 82.5 Å². The zero-order chi connectivity index (χ0) is 40.7. The third-order valence-electron chi connectivity index (χ3n) is 10.1. The van der Waals surface area contributed by atoms with Crippen LogP contribution in [0.3, 0.4) is 0 Å². The number of benzene rings is 4. The van der Waals surface area contributed by atoms with Gasteiger partial charge in [0.15, 0.2) is 0 Å². The highest BCUT2D eigenvalue weighted by Crippen LogP contribution is 2.24. The van der Waals surface area contributed by atoms with Gasteiger partial charge in [-0.25, -0.2) is 0 Å². The van der Waals surface area contributed by atoms with Crippen LogP contribution >= 0.6 is 0 Å². The maximum absolute atomic E-state index is 14.5. The molecule has 0 fully saturated rings. The topological polar surface area (TPSA) is 227 Å². The summed E-state index contributed by atoms with van der Waals surface area (Å²) in [5, 5.41) is 14.3. The van der Waals surface area contributed by atoms with Crippen LogP contribution in [-0.2, 0) is 43.2 Å². The van der Waals surface area contributed by atoms with E-state index in [2.05, 4.69) is 26.3 Å². The Hall–Kier alpha value is -6.05. The highest BCUT2D eigenvalue weighted by atomic mass is 16.2. The number of rotatable bonds is 21. The van der Waals surface area contributed by atoms with Crippen LogP contribution in [0, 0.1) is 6.92 Å². The van der Waals surface area contributed by atoms with Crippen LogP contribution in [0.2, 0.25) is 0 Å². The maximum Gasteiger partial charge on any atom is 0.243 e. The van der Waals surface area contributed by atoms with Crippen molar-refractivity contribution >= 4 is 51.2 Å². The molecular weight excluding hydrogens is 721 g/mol. The second kappa shape index (κ2) is 20.7. The van der Waals surface area contributed by atoms with E-state index in [-0.39, 0.29) is 31.6 Å². The van der Waals surface area contributed by atoms with E-state index in [0.29, 0.717) is 38.8 Å². The third-order valence-corrected chi connectivity index (χ3v) is 10.1. The van der Waals surface area contributed by atoms with Gasteiger partial charge in [0.1, 0.15) is 24.2 Å². The van der Waals surface area contributed by atoms with E-state index in [1.54, 1.807) is 0 Å². The molecule has 0 bridgehead atoms. The first-order chi connectivity index (χ1) is 27.6. The number of unbranched alkanes of at least 4 members (excludes halogenated alkanes) is 1.